The highest BCUT2D eigenvalue weighted by molar-refractivity contribution is 5.94. The van der Waals surface area contributed by atoms with Crippen LogP contribution in [0.5, 0.6) is 5.75 Å². The van der Waals surface area contributed by atoms with Gasteiger partial charge in [-0.05, 0) is 67.9 Å². The highest BCUT2D eigenvalue weighted by Crippen LogP contribution is 2.20. The second kappa shape index (κ2) is 11.8. The van der Waals surface area contributed by atoms with Crippen molar-refractivity contribution in [1.29, 1.82) is 0 Å². The standard InChI is InChI=1S/C29H35N3O2/c1-31(2)18-6-20-34-28-15-9-23(10-16-28)21-32-19-17-27(22-32)30-29(33)26-13-11-25(12-14-26)24-7-4-3-5-8-24/h3-5,7-16,27H,6,17-22H2,1-2H3,(H,30,33)/t27-/m0/s1. The Bertz CT molecular complexity index is 1030. The molecule has 0 radical (unpaired) electrons. The third-order valence-electron chi connectivity index (χ3n) is 6.21. The minimum Gasteiger partial charge on any atom is -0.494 e. The highest BCUT2D eigenvalue weighted by atomic mass is 16.5. The zero-order valence-electron chi connectivity index (χ0n) is 20.2. The van der Waals surface area contributed by atoms with Gasteiger partial charge in [0.15, 0.2) is 0 Å². The number of likely N-dealkylation sites (tertiary alicyclic amines) is 1. The molecule has 1 atom stereocenters. The molecule has 1 saturated heterocycles. The SMILES string of the molecule is CN(C)CCCOc1ccc(CN2CC[C@H](NC(=O)c3ccc(-c4ccccc4)cc3)C2)cc1. The van der Waals surface area contributed by atoms with Crippen molar-refractivity contribution in [2.75, 3.05) is 40.3 Å². The molecular formula is C29H35N3O2. The van der Waals surface area contributed by atoms with Crippen LogP contribution in [0, 0.1) is 0 Å². The van der Waals surface area contributed by atoms with E-state index in [2.05, 4.69) is 65.6 Å². The number of hydrogen-bond acceptors (Lipinski definition) is 4. The summed E-state index contributed by atoms with van der Waals surface area (Å²) in [7, 11) is 4.15. The first-order valence-electron chi connectivity index (χ1n) is 12.1. The van der Waals surface area contributed by atoms with Gasteiger partial charge < -0.3 is 15.0 Å². The highest BCUT2D eigenvalue weighted by Gasteiger charge is 2.24. The van der Waals surface area contributed by atoms with Crippen molar-refractivity contribution in [1.82, 2.24) is 15.1 Å². The summed E-state index contributed by atoms with van der Waals surface area (Å²) in [6.45, 7) is 4.51. The van der Waals surface area contributed by atoms with Gasteiger partial charge in [0, 0.05) is 37.8 Å². The molecule has 34 heavy (non-hydrogen) atoms. The van der Waals surface area contributed by atoms with Crippen molar-refractivity contribution in [3.05, 3.63) is 90.0 Å². The molecule has 1 N–H and O–H groups in total. The van der Waals surface area contributed by atoms with E-state index in [0.717, 1.165) is 62.5 Å². The Hall–Kier alpha value is -3.15. The van der Waals surface area contributed by atoms with Gasteiger partial charge in [-0.2, -0.15) is 0 Å². The number of hydrogen-bond donors (Lipinski definition) is 1. The Morgan fingerprint density at radius 2 is 1.68 bits per heavy atom. The van der Waals surface area contributed by atoms with Crippen molar-refractivity contribution in [3.8, 4) is 16.9 Å². The van der Waals surface area contributed by atoms with E-state index in [9.17, 15) is 4.79 Å². The predicted octanol–water partition coefficient (Wildman–Crippen LogP) is 4.69. The molecule has 1 aliphatic rings. The predicted molar refractivity (Wildman–Crippen MR) is 138 cm³/mol. The quantitative estimate of drug-likeness (QED) is 0.449. The number of nitrogens with zero attached hydrogens (tertiary/aromatic N) is 2. The maximum Gasteiger partial charge on any atom is 0.251 e. The van der Waals surface area contributed by atoms with E-state index in [0.29, 0.717) is 5.56 Å². The summed E-state index contributed by atoms with van der Waals surface area (Å²) in [5.74, 6) is 0.926. The first-order valence-corrected chi connectivity index (χ1v) is 12.1. The molecule has 1 aliphatic heterocycles. The third kappa shape index (κ3) is 6.92. The van der Waals surface area contributed by atoms with Crippen LogP contribution in [0.2, 0.25) is 0 Å². The Morgan fingerprint density at radius 3 is 2.38 bits per heavy atom. The molecule has 5 heteroatoms. The van der Waals surface area contributed by atoms with Gasteiger partial charge in [-0.15, -0.1) is 0 Å². The van der Waals surface area contributed by atoms with Gasteiger partial charge in [0.1, 0.15) is 5.75 Å². The van der Waals surface area contributed by atoms with E-state index < -0.39 is 0 Å². The maximum atomic E-state index is 12.8. The van der Waals surface area contributed by atoms with Crippen molar-refractivity contribution in [2.45, 2.75) is 25.4 Å². The Kier molecular flexibility index (Phi) is 8.34. The Labute approximate surface area is 203 Å². The second-order valence-corrected chi connectivity index (χ2v) is 9.29. The molecule has 3 aromatic rings. The molecule has 3 aromatic carbocycles. The molecule has 5 nitrogen and oxygen atoms in total. The lowest BCUT2D eigenvalue weighted by Gasteiger charge is -2.17. The van der Waals surface area contributed by atoms with Gasteiger partial charge in [0.25, 0.3) is 5.91 Å². The zero-order chi connectivity index (χ0) is 23.8. The van der Waals surface area contributed by atoms with Gasteiger partial charge in [0.05, 0.1) is 6.61 Å². The van der Waals surface area contributed by atoms with Crippen LogP contribution in [0.15, 0.2) is 78.9 Å². The molecule has 1 fully saturated rings. The van der Waals surface area contributed by atoms with Crippen LogP contribution in [0.3, 0.4) is 0 Å². The van der Waals surface area contributed by atoms with Crippen molar-refractivity contribution < 1.29 is 9.53 Å². The van der Waals surface area contributed by atoms with Crippen molar-refractivity contribution >= 4 is 5.91 Å². The Morgan fingerprint density at radius 1 is 0.971 bits per heavy atom. The number of nitrogens with one attached hydrogen (secondary N) is 1. The average molecular weight is 458 g/mol. The van der Waals surface area contributed by atoms with Crippen molar-refractivity contribution in [2.24, 2.45) is 0 Å². The molecule has 0 unspecified atom stereocenters. The summed E-state index contributed by atoms with van der Waals surface area (Å²) >= 11 is 0. The largest absolute Gasteiger partial charge is 0.494 e. The third-order valence-corrected chi connectivity index (χ3v) is 6.21. The van der Waals surface area contributed by atoms with Crippen molar-refractivity contribution in [3.63, 3.8) is 0 Å². The summed E-state index contributed by atoms with van der Waals surface area (Å²) in [6, 6.07) is 26.6. The maximum absolute atomic E-state index is 12.8. The van der Waals surface area contributed by atoms with Gasteiger partial charge >= 0.3 is 0 Å². The van der Waals surface area contributed by atoms with Crippen LogP contribution in [-0.4, -0.2) is 62.1 Å². The second-order valence-electron chi connectivity index (χ2n) is 9.29. The fraction of sp³-hybridized carbons (Fsp3) is 0.345. The van der Waals surface area contributed by atoms with Gasteiger partial charge in [-0.25, -0.2) is 0 Å². The molecular weight excluding hydrogens is 422 g/mol. The summed E-state index contributed by atoms with van der Waals surface area (Å²) in [4.78, 5) is 17.3. The van der Waals surface area contributed by atoms with E-state index in [1.807, 2.05) is 42.5 Å². The lowest BCUT2D eigenvalue weighted by molar-refractivity contribution is 0.0937. The summed E-state index contributed by atoms with van der Waals surface area (Å²) in [6.07, 6.45) is 1.99. The molecule has 0 aromatic heterocycles. The fourth-order valence-electron chi connectivity index (χ4n) is 4.33. The number of carbonyl (C=O) groups is 1. The average Bonchev–Trinajstić information content (AvgIpc) is 3.30. The normalized spacial score (nSPS) is 16.0. The van der Waals surface area contributed by atoms with Gasteiger partial charge in [0.2, 0.25) is 0 Å². The summed E-state index contributed by atoms with van der Waals surface area (Å²) in [5, 5.41) is 3.21. The van der Waals surface area contributed by atoms with Crippen LogP contribution in [0.4, 0.5) is 0 Å². The minimum absolute atomic E-state index is 0.00206. The van der Waals surface area contributed by atoms with Crippen LogP contribution < -0.4 is 10.1 Å². The number of carbonyl (C=O) groups excluding carboxylic acids is 1. The fourth-order valence-corrected chi connectivity index (χ4v) is 4.33. The molecule has 4 rings (SSSR count). The van der Waals surface area contributed by atoms with Crippen LogP contribution in [0.1, 0.15) is 28.8 Å². The van der Waals surface area contributed by atoms with E-state index in [-0.39, 0.29) is 11.9 Å². The molecule has 0 bridgehead atoms. The summed E-state index contributed by atoms with van der Waals surface area (Å²) < 4.78 is 5.83. The van der Waals surface area contributed by atoms with Gasteiger partial charge in [-0.1, -0.05) is 54.6 Å². The lowest BCUT2D eigenvalue weighted by atomic mass is 10.0. The van der Waals surface area contributed by atoms with E-state index in [1.54, 1.807) is 0 Å². The smallest absolute Gasteiger partial charge is 0.251 e. The molecule has 0 saturated carbocycles. The van der Waals surface area contributed by atoms with E-state index >= 15 is 0 Å². The minimum atomic E-state index is 0.00206. The van der Waals surface area contributed by atoms with E-state index in [4.69, 9.17) is 4.74 Å². The zero-order valence-corrected chi connectivity index (χ0v) is 20.2. The molecule has 1 heterocycles. The Balaban J connectivity index is 1.22. The first-order chi connectivity index (χ1) is 16.6. The first kappa shape index (κ1) is 24.0. The number of ether oxygens (including phenoxy) is 1. The topological polar surface area (TPSA) is 44.8 Å². The monoisotopic (exact) mass is 457 g/mol. The summed E-state index contributed by atoms with van der Waals surface area (Å²) in [5.41, 5.74) is 4.25. The lowest BCUT2D eigenvalue weighted by Crippen LogP contribution is -2.36. The van der Waals surface area contributed by atoms with Crippen LogP contribution >= 0.6 is 0 Å². The van der Waals surface area contributed by atoms with Crippen LogP contribution in [0.25, 0.3) is 11.1 Å². The molecule has 1 amide bonds. The number of rotatable bonds is 10. The van der Waals surface area contributed by atoms with Gasteiger partial charge in [-0.3, -0.25) is 9.69 Å². The molecule has 0 spiro atoms. The number of amides is 1. The molecule has 178 valence electrons. The van der Waals surface area contributed by atoms with Crippen LogP contribution in [-0.2, 0) is 6.54 Å². The molecule has 0 aliphatic carbocycles. The van der Waals surface area contributed by atoms with E-state index in [1.165, 1.54) is 5.56 Å². The number of benzene rings is 3.